The molecule has 0 unspecified atom stereocenters. The number of anilines is 3. The fraction of sp³-hybridized carbons (Fsp3) is 0.100. The molecule has 2 aromatic heterocycles. The molecule has 10 heteroatoms. The maximum Gasteiger partial charge on any atom is 0.325 e. The molecular weight excluding hydrogens is 442 g/mol. The van der Waals surface area contributed by atoms with Gasteiger partial charge in [-0.15, -0.1) is 11.3 Å². The Balaban J connectivity index is 1.26. The Labute approximate surface area is 185 Å². The topological polar surface area (TPSA) is 96.0 Å². The quantitative estimate of drug-likeness (QED) is 0.350. The van der Waals surface area contributed by atoms with Crippen molar-refractivity contribution in [2.45, 2.75) is 12.8 Å². The molecule has 0 atom stereocenters. The Kier molecular flexibility index (Phi) is 6.22. The number of urea groups is 1. The van der Waals surface area contributed by atoms with E-state index in [0.29, 0.717) is 27.4 Å². The monoisotopic (exact) mass is 457 g/mol. The van der Waals surface area contributed by atoms with Crippen LogP contribution in [0.25, 0.3) is 10.2 Å². The van der Waals surface area contributed by atoms with Crippen molar-refractivity contribution in [1.29, 1.82) is 0 Å². The van der Waals surface area contributed by atoms with Crippen LogP contribution in [0.4, 0.5) is 20.7 Å². The molecule has 2 heterocycles. The van der Waals surface area contributed by atoms with Gasteiger partial charge in [-0.25, -0.2) is 14.8 Å². The number of amides is 3. The van der Waals surface area contributed by atoms with Gasteiger partial charge in [-0.05, 0) is 36.8 Å². The third-order valence-electron chi connectivity index (χ3n) is 4.00. The van der Waals surface area contributed by atoms with Crippen molar-refractivity contribution in [3.63, 3.8) is 0 Å². The molecule has 0 aliphatic rings. The van der Waals surface area contributed by atoms with Crippen LogP contribution in [0.2, 0.25) is 5.02 Å². The van der Waals surface area contributed by atoms with Crippen molar-refractivity contribution in [3.05, 3.63) is 64.6 Å². The number of aryl methyl sites for hydroxylation is 1. The van der Waals surface area contributed by atoms with Crippen LogP contribution >= 0.6 is 34.3 Å². The van der Waals surface area contributed by atoms with Crippen LogP contribution in [0.1, 0.15) is 12.1 Å². The third kappa shape index (κ3) is 5.32. The van der Waals surface area contributed by atoms with E-state index in [9.17, 15) is 9.59 Å². The molecule has 30 heavy (non-hydrogen) atoms. The second kappa shape index (κ2) is 9.21. The molecule has 0 bridgehead atoms. The van der Waals surface area contributed by atoms with Crippen molar-refractivity contribution in [2.75, 3.05) is 16.0 Å². The molecule has 0 saturated carbocycles. The predicted molar refractivity (Wildman–Crippen MR) is 123 cm³/mol. The van der Waals surface area contributed by atoms with E-state index in [4.69, 9.17) is 11.6 Å². The van der Waals surface area contributed by atoms with Crippen molar-refractivity contribution in [1.82, 2.24) is 9.97 Å². The van der Waals surface area contributed by atoms with Gasteiger partial charge in [0.2, 0.25) is 5.91 Å². The number of carbonyl (C=O) groups excluding carboxylic acids is 2. The van der Waals surface area contributed by atoms with Crippen LogP contribution in [0.5, 0.6) is 0 Å². The molecule has 3 N–H and O–H groups in total. The first-order chi connectivity index (χ1) is 14.5. The minimum absolute atomic E-state index is 0.129. The Morgan fingerprint density at radius 3 is 2.67 bits per heavy atom. The number of aromatic nitrogens is 2. The lowest BCUT2D eigenvalue weighted by atomic mass is 10.2. The van der Waals surface area contributed by atoms with E-state index < -0.39 is 6.03 Å². The normalized spacial score (nSPS) is 10.7. The lowest BCUT2D eigenvalue weighted by molar-refractivity contribution is -0.116. The van der Waals surface area contributed by atoms with Gasteiger partial charge in [-0.2, -0.15) is 0 Å². The highest BCUT2D eigenvalue weighted by Gasteiger charge is 2.11. The summed E-state index contributed by atoms with van der Waals surface area (Å²) in [4.78, 5) is 33.0. The van der Waals surface area contributed by atoms with E-state index in [1.807, 2.05) is 29.6 Å². The van der Waals surface area contributed by atoms with Crippen molar-refractivity contribution in [2.24, 2.45) is 0 Å². The molecule has 0 spiro atoms. The Bertz CT molecular complexity index is 1170. The number of fused-ring (bicyclic) bond motifs is 1. The summed E-state index contributed by atoms with van der Waals surface area (Å²) in [6, 6.07) is 14.2. The number of thiazole rings is 2. The van der Waals surface area contributed by atoms with Gasteiger partial charge in [0, 0.05) is 22.5 Å². The summed E-state index contributed by atoms with van der Waals surface area (Å²) in [5.41, 5.74) is 2.19. The molecule has 7 nitrogen and oxygen atoms in total. The summed E-state index contributed by atoms with van der Waals surface area (Å²) < 4.78 is 1.03. The minimum atomic E-state index is -0.410. The van der Waals surface area contributed by atoms with E-state index >= 15 is 0 Å². The van der Waals surface area contributed by atoms with Crippen LogP contribution in [-0.4, -0.2) is 21.9 Å². The number of halogens is 1. The highest BCUT2D eigenvalue weighted by atomic mass is 35.5. The summed E-state index contributed by atoms with van der Waals surface area (Å²) in [6.07, 6.45) is 0.735. The van der Waals surface area contributed by atoms with Crippen LogP contribution in [0.15, 0.2) is 53.9 Å². The molecule has 0 radical (unpaired) electrons. The molecule has 152 valence electrons. The van der Waals surface area contributed by atoms with Crippen LogP contribution < -0.4 is 16.0 Å². The molecule has 0 fully saturated rings. The number of para-hydroxylation sites is 1. The second-order valence-electron chi connectivity index (χ2n) is 6.27. The third-order valence-corrected chi connectivity index (χ3v) is 6.00. The highest BCUT2D eigenvalue weighted by Crippen LogP contribution is 2.25. The molecule has 0 aliphatic carbocycles. The number of carbonyl (C=O) groups is 2. The van der Waals surface area contributed by atoms with Gasteiger partial charge in [0.05, 0.1) is 15.9 Å². The SMILES string of the molecule is O=C(CCc1csc(NC(=O)Nc2cccc(Cl)c2)n1)Nc1nc2ccccc2s1. The Hall–Kier alpha value is -3.01. The van der Waals surface area contributed by atoms with E-state index in [0.717, 1.165) is 15.9 Å². The summed E-state index contributed by atoms with van der Waals surface area (Å²) >= 11 is 8.65. The lowest BCUT2D eigenvalue weighted by Crippen LogP contribution is -2.19. The Morgan fingerprint density at radius 2 is 1.83 bits per heavy atom. The fourth-order valence-electron chi connectivity index (χ4n) is 2.65. The van der Waals surface area contributed by atoms with Gasteiger partial charge >= 0.3 is 6.03 Å². The van der Waals surface area contributed by atoms with Gasteiger partial charge < -0.3 is 10.6 Å². The number of benzene rings is 2. The smallest absolute Gasteiger partial charge is 0.308 e. The first-order valence-electron chi connectivity index (χ1n) is 8.98. The van der Waals surface area contributed by atoms with Gasteiger partial charge in [0.25, 0.3) is 0 Å². The van der Waals surface area contributed by atoms with Crippen LogP contribution in [0, 0.1) is 0 Å². The minimum Gasteiger partial charge on any atom is -0.308 e. The standard InChI is InChI=1S/C20H16ClN5O2S2/c21-12-4-3-5-13(10-12)22-18(28)26-19-23-14(11-29-19)8-9-17(27)25-20-24-15-6-1-2-7-16(15)30-20/h1-7,10-11H,8-9H2,(H,24,25,27)(H2,22,23,26,28). The summed E-state index contributed by atoms with van der Waals surface area (Å²) in [5, 5.41) is 11.6. The largest absolute Gasteiger partial charge is 0.325 e. The fourth-order valence-corrected chi connectivity index (χ4v) is 4.47. The van der Waals surface area contributed by atoms with Gasteiger partial charge in [0.15, 0.2) is 10.3 Å². The van der Waals surface area contributed by atoms with Crippen LogP contribution in [-0.2, 0) is 11.2 Å². The van der Waals surface area contributed by atoms with Gasteiger partial charge in [-0.3, -0.25) is 10.1 Å². The highest BCUT2D eigenvalue weighted by molar-refractivity contribution is 7.22. The zero-order valence-corrected chi connectivity index (χ0v) is 17.9. The van der Waals surface area contributed by atoms with Gasteiger partial charge in [0.1, 0.15) is 0 Å². The zero-order valence-electron chi connectivity index (χ0n) is 15.5. The molecular formula is C20H16ClN5O2S2. The van der Waals surface area contributed by atoms with Crippen molar-refractivity contribution < 1.29 is 9.59 Å². The number of hydrogen-bond donors (Lipinski definition) is 3. The maximum atomic E-state index is 12.2. The first kappa shape index (κ1) is 20.3. The van der Waals surface area contributed by atoms with E-state index in [-0.39, 0.29) is 12.3 Å². The zero-order chi connectivity index (χ0) is 20.9. The summed E-state index contributed by atoms with van der Waals surface area (Å²) in [6.45, 7) is 0. The maximum absolute atomic E-state index is 12.2. The molecule has 4 aromatic rings. The predicted octanol–water partition coefficient (Wildman–Crippen LogP) is 5.62. The van der Waals surface area contributed by atoms with Crippen LogP contribution in [0.3, 0.4) is 0 Å². The molecule has 2 aromatic carbocycles. The molecule has 0 aliphatic heterocycles. The summed E-state index contributed by atoms with van der Waals surface area (Å²) in [7, 11) is 0. The second-order valence-corrected chi connectivity index (χ2v) is 8.59. The van der Waals surface area contributed by atoms with Crippen molar-refractivity contribution >= 4 is 72.4 Å². The number of rotatable bonds is 6. The number of hydrogen-bond acceptors (Lipinski definition) is 6. The molecule has 3 amide bonds. The van der Waals surface area contributed by atoms with Crippen molar-refractivity contribution in [3.8, 4) is 0 Å². The molecule has 0 saturated heterocycles. The van der Waals surface area contributed by atoms with Gasteiger partial charge in [-0.1, -0.05) is 41.1 Å². The average molecular weight is 458 g/mol. The Morgan fingerprint density at radius 1 is 0.967 bits per heavy atom. The average Bonchev–Trinajstić information content (AvgIpc) is 3.32. The molecule has 4 rings (SSSR count). The van der Waals surface area contributed by atoms with E-state index in [2.05, 4.69) is 25.9 Å². The number of nitrogens with one attached hydrogen (secondary N) is 3. The van der Waals surface area contributed by atoms with E-state index in [1.54, 1.807) is 24.3 Å². The lowest BCUT2D eigenvalue weighted by Gasteiger charge is -2.05. The number of nitrogens with zero attached hydrogens (tertiary/aromatic N) is 2. The summed E-state index contributed by atoms with van der Waals surface area (Å²) in [5.74, 6) is -0.129. The first-order valence-corrected chi connectivity index (χ1v) is 11.1. The van der Waals surface area contributed by atoms with E-state index in [1.165, 1.54) is 22.7 Å².